The normalized spacial score (nSPS) is 23.6. The first-order chi connectivity index (χ1) is 9.63. The van der Waals surface area contributed by atoms with Gasteiger partial charge >= 0.3 is 0 Å². The molecule has 0 atom stereocenters. The van der Waals surface area contributed by atoms with Crippen LogP contribution in [0.3, 0.4) is 0 Å². The molecule has 2 aromatic heterocycles. The average molecular weight is 273 g/mol. The van der Waals surface area contributed by atoms with Crippen LogP contribution < -0.4 is 0 Å². The van der Waals surface area contributed by atoms with E-state index in [9.17, 15) is 5.11 Å². The van der Waals surface area contributed by atoms with Crippen LogP contribution in [-0.2, 0) is 0 Å². The second kappa shape index (κ2) is 5.44. The van der Waals surface area contributed by atoms with Crippen molar-refractivity contribution in [1.82, 2.24) is 14.5 Å². The van der Waals surface area contributed by atoms with Gasteiger partial charge in [-0.2, -0.15) is 5.10 Å². The quantitative estimate of drug-likeness (QED) is 0.935. The van der Waals surface area contributed by atoms with Crippen LogP contribution in [0.15, 0.2) is 24.5 Å². The Morgan fingerprint density at radius 1 is 1.30 bits per heavy atom. The lowest BCUT2D eigenvalue weighted by Crippen LogP contribution is -2.25. The predicted octanol–water partition coefficient (Wildman–Crippen LogP) is 2.88. The fraction of sp³-hybridized carbons (Fsp3) is 0.562. The molecular weight excluding hydrogens is 250 g/mol. The van der Waals surface area contributed by atoms with Crippen molar-refractivity contribution in [3.63, 3.8) is 0 Å². The van der Waals surface area contributed by atoms with Gasteiger partial charge < -0.3 is 10.0 Å². The van der Waals surface area contributed by atoms with Gasteiger partial charge in [0.15, 0.2) is 0 Å². The molecule has 0 bridgehead atoms. The molecule has 1 aliphatic rings. The molecule has 0 unspecified atom stereocenters. The van der Waals surface area contributed by atoms with Crippen LogP contribution in [0.1, 0.15) is 37.2 Å². The fourth-order valence-corrected chi connectivity index (χ4v) is 3.48. The number of aromatic hydroxyl groups is 1. The Bertz CT molecular complexity index is 582. The van der Waals surface area contributed by atoms with E-state index < -0.39 is 0 Å². The van der Waals surface area contributed by atoms with Gasteiger partial charge in [-0.15, -0.1) is 0 Å². The lowest BCUT2D eigenvalue weighted by Gasteiger charge is -2.30. The third-order valence-electron chi connectivity index (χ3n) is 4.44. The van der Waals surface area contributed by atoms with Crippen LogP contribution in [0.5, 0.6) is 5.75 Å². The van der Waals surface area contributed by atoms with Crippen molar-refractivity contribution in [2.24, 2.45) is 5.92 Å². The molecule has 1 N–H and O–H groups in total. The topological polar surface area (TPSA) is 40.8 Å². The number of nitrogens with zero attached hydrogens (tertiary/aromatic N) is 3. The van der Waals surface area contributed by atoms with E-state index in [1.54, 1.807) is 6.07 Å². The van der Waals surface area contributed by atoms with Crippen molar-refractivity contribution >= 4 is 5.52 Å². The number of aromatic nitrogens is 2. The van der Waals surface area contributed by atoms with Crippen LogP contribution >= 0.6 is 0 Å². The summed E-state index contributed by atoms with van der Waals surface area (Å²) in [5, 5.41) is 14.1. The molecule has 0 aliphatic heterocycles. The summed E-state index contributed by atoms with van der Waals surface area (Å²) in [5.41, 5.74) is 2.35. The van der Waals surface area contributed by atoms with Crippen LogP contribution in [0.2, 0.25) is 0 Å². The van der Waals surface area contributed by atoms with Gasteiger partial charge in [0.1, 0.15) is 5.75 Å². The van der Waals surface area contributed by atoms with Crippen LogP contribution in [0, 0.1) is 5.92 Å². The van der Waals surface area contributed by atoms with Crippen LogP contribution in [0.25, 0.3) is 5.52 Å². The van der Waals surface area contributed by atoms with Gasteiger partial charge in [0, 0.05) is 24.4 Å². The van der Waals surface area contributed by atoms with Crippen molar-refractivity contribution in [2.45, 2.75) is 31.6 Å². The summed E-state index contributed by atoms with van der Waals surface area (Å²) >= 11 is 0. The molecule has 108 valence electrons. The lowest BCUT2D eigenvalue weighted by atomic mass is 9.79. The zero-order valence-electron chi connectivity index (χ0n) is 12.3. The summed E-state index contributed by atoms with van der Waals surface area (Å²) in [4.78, 5) is 2.29. The van der Waals surface area contributed by atoms with E-state index in [2.05, 4.69) is 24.1 Å². The van der Waals surface area contributed by atoms with Gasteiger partial charge in [-0.05, 0) is 57.7 Å². The van der Waals surface area contributed by atoms with Crippen LogP contribution in [0.4, 0.5) is 0 Å². The maximum atomic E-state index is 9.67. The number of fused-ring (bicyclic) bond motifs is 1. The SMILES string of the molecule is CN(C)C[C@H]1CC[C@H](c2cnn3ccc(O)cc23)CC1. The first-order valence-corrected chi connectivity index (χ1v) is 7.44. The maximum Gasteiger partial charge on any atom is 0.119 e. The molecule has 1 aliphatic carbocycles. The van der Waals surface area contributed by atoms with E-state index in [0.29, 0.717) is 11.7 Å². The highest BCUT2D eigenvalue weighted by Gasteiger charge is 2.24. The Morgan fingerprint density at radius 3 is 2.75 bits per heavy atom. The van der Waals surface area contributed by atoms with Crippen molar-refractivity contribution < 1.29 is 5.11 Å². The average Bonchev–Trinajstić information content (AvgIpc) is 2.82. The molecular formula is C16H23N3O. The van der Waals surface area contributed by atoms with E-state index in [1.165, 1.54) is 37.8 Å². The smallest absolute Gasteiger partial charge is 0.119 e. The molecule has 3 rings (SSSR count). The number of pyridine rings is 1. The molecule has 2 aromatic rings. The van der Waals surface area contributed by atoms with Gasteiger partial charge in [-0.25, -0.2) is 4.52 Å². The highest BCUT2D eigenvalue weighted by atomic mass is 16.3. The molecule has 4 heteroatoms. The third kappa shape index (κ3) is 2.66. The number of rotatable bonds is 3. The lowest BCUT2D eigenvalue weighted by molar-refractivity contribution is 0.250. The largest absolute Gasteiger partial charge is 0.508 e. The Labute approximate surface area is 120 Å². The Hall–Kier alpha value is -1.55. The number of hydrogen-bond donors (Lipinski definition) is 1. The molecule has 0 saturated heterocycles. The number of hydrogen-bond acceptors (Lipinski definition) is 3. The second-order valence-corrected chi connectivity index (χ2v) is 6.29. The van der Waals surface area contributed by atoms with E-state index in [-0.39, 0.29) is 0 Å². The Morgan fingerprint density at radius 2 is 2.05 bits per heavy atom. The van der Waals surface area contributed by atoms with Gasteiger partial charge in [-0.1, -0.05) is 0 Å². The predicted molar refractivity (Wildman–Crippen MR) is 80.1 cm³/mol. The molecule has 1 fully saturated rings. The first-order valence-electron chi connectivity index (χ1n) is 7.44. The van der Waals surface area contributed by atoms with Crippen LogP contribution in [-0.4, -0.2) is 40.3 Å². The summed E-state index contributed by atoms with van der Waals surface area (Å²) in [6, 6.07) is 3.51. The molecule has 0 amide bonds. The summed E-state index contributed by atoms with van der Waals surface area (Å²) in [6.07, 6.45) is 8.85. The fourth-order valence-electron chi connectivity index (χ4n) is 3.48. The van der Waals surface area contributed by atoms with E-state index in [1.807, 2.05) is 23.0 Å². The molecule has 2 heterocycles. The summed E-state index contributed by atoms with van der Waals surface area (Å²) in [5.74, 6) is 1.74. The maximum absolute atomic E-state index is 9.67. The Balaban J connectivity index is 1.75. The standard InChI is InChI=1S/C16H23N3O/c1-18(2)11-12-3-5-13(6-4-12)15-10-17-19-8-7-14(20)9-16(15)19/h7-10,12-13,20H,3-6,11H2,1-2H3/t12-,13-. The van der Waals surface area contributed by atoms with Crippen molar-refractivity contribution in [1.29, 1.82) is 0 Å². The highest BCUT2D eigenvalue weighted by molar-refractivity contribution is 5.58. The summed E-state index contributed by atoms with van der Waals surface area (Å²) in [7, 11) is 4.31. The minimum Gasteiger partial charge on any atom is -0.508 e. The van der Waals surface area contributed by atoms with Crippen molar-refractivity contribution in [2.75, 3.05) is 20.6 Å². The van der Waals surface area contributed by atoms with Gasteiger partial charge in [-0.3, -0.25) is 0 Å². The monoisotopic (exact) mass is 273 g/mol. The highest BCUT2D eigenvalue weighted by Crippen LogP contribution is 2.37. The van der Waals surface area contributed by atoms with E-state index >= 15 is 0 Å². The minimum atomic E-state index is 0.320. The van der Waals surface area contributed by atoms with Crippen molar-refractivity contribution in [3.05, 3.63) is 30.1 Å². The first kappa shape index (κ1) is 13.4. The Kier molecular flexibility index (Phi) is 3.66. The molecule has 1 saturated carbocycles. The van der Waals surface area contributed by atoms with Gasteiger partial charge in [0.05, 0.1) is 11.7 Å². The van der Waals surface area contributed by atoms with Gasteiger partial charge in [0.25, 0.3) is 0 Å². The zero-order chi connectivity index (χ0) is 14.1. The summed E-state index contributed by atoms with van der Waals surface area (Å²) < 4.78 is 1.86. The molecule has 4 nitrogen and oxygen atoms in total. The molecule has 0 aromatic carbocycles. The third-order valence-corrected chi connectivity index (χ3v) is 4.44. The zero-order valence-corrected chi connectivity index (χ0v) is 12.3. The molecule has 20 heavy (non-hydrogen) atoms. The minimum absolute atomic E-state index is 0.320. The van der Waals surface area contributed by atoms with Gasteiger partial charge in [0.2, 0.25) is 0 Å². The van der Waals surface area contributed by atoms with Crippen molar-refractivity contribution in [3.8, 4) is 5.75 Å². The summed E-state index contributed by atoms with van der Waals surface area (Å²) in [6.45, 7) is 1.20. The second-order valence-electron chi connectivity index (χ2n) is 6.29. The molecule has 0 spiro atoms. The van der Waals surface area contributed by atoms with E-state index in [0.717, 1.165) is 11.4 Å². The van der Waals surface area contributed by atoms with E-state index in [4.69, 9.17) is 0 Å². The molecule has 0 radical (unpaired) electrons.